The van der Waals surface area contributed by atoms with Crippen LogP contribution in [0.1, 0.15) is 38.5 Å². The van der Waals surface area contributed by atoms with Gasteiger partial charge < -0.3 is 20.2 Å². The number of amides is 3. The third kappa shape index (κ3) is 4.96. The van der Waals surface area contributed by atoms with Gasteiger partial charge in [0.15, 0.2) is 0 Å². The minimum absolute atomic E-state index is 0.00937. The predicted molar refractivity (Wildman–Crippen MR) is 122 cm³/mol. The van der Waals surface area contributed by atoms with E-state index in [1.54, 1.807) is 0 Å². The van der Waals surface area contributed by atoms with Gasteiger partial charge >= 0.3 is 0 Å². The molecule has 0 radical (unpaired) electrons. The number of carbonyl (C=O) groups excluding carboxylic acids is 3. The molecular weight excluding hydrogens is 408 g/mol. The molecule has 0 saturated carbocycles. The first kappa shape index (κ1) is 22.3. The van der Waals surface area contributed by atoms with Gasteiger partial charge in [0, 0.05) is 43.6 Å². The lowest BCUT2D eigenvalue weighted by Crippen LogP contribution is -2.45. The fourth-order valence-electron chi connectivity index (χ4n) is 4.78. The minimum atomic E-state index is -0.431. The molecule has 2 fully saturated rings. The largest absolute Gasteiger partial charge is 0.395 e. The van der Waals surface area contributed by atoms with Crippen LogP contribution in [0, 0.1) is 5.92 Å². The zero-order chi connectivity index (χ0) is 22.5. The van der Waals surface area contributed by atoms with Gasteiger partial charge in [0.05, 0.1) is 19.1 Å². The molecule has 8 heteroatoms. The number of β-amino-alcohol motifs (C(OH)–C–C–N with tert-alkyl or cyclic N) is 1. The van der Waals surface area contributed by atoms with E-state index in [9.17, 15) is 14.4 Å². The van der Waals surface area contributed by atoms with Crippen LogP contribution in [0.3, 0.4) is 0 Å². The number of rotatable bonds is 6. The number of aliphatic hydroxyl groups excluding tert-OH is 1. The van der Waals surface area contributed by atoms with Crippen LogP contribution in [0.4, 0.5) is 11.4 Å². The van der Waals surface area contributed by atoms with Crippen molar-refractivity contribution in [2.45, 2.75) is 38.5 Å². The number of hydrogen-bond acceptors (Lipinski definition) is 6. The molecule has 3 aliphatic rings. The van der Waals surface area contributed by atoms with Gasteiger partial charge in [-0.15, -0.1) is 0 Å². The van der Waals surface area contributed by atoms with Crippen LogP contribution in [0.15, 0.2) is 36.0 Å². The number of hydrogen-bond donors (Lipinski definition) is 2. The third-order valence-corrected chi connectivity index (χ3v) is 6.53. The zero-order valence-electron chi connectivity index (χ0n) is 18.5. The molecule has 3 amide bonds. The van der Waals surface area contributed by atoms with Crippen molar-refractivity contribution in [3.05, 3.63) is 36.0 Å². The molecule has 32 heavy (non-hydrogen) atoms. The van der Waals surface area contributed by atoms with Gasteiger partial charge in [0.1, 0.15) is 5.70 Å². The Morgan fingerprint density at radius 2 is 1.72 bits per heavy atom. The van der Waals surface area contributed by atoms with Crippen LogP contribution in [0.2, 0.25) is 0 Å². The maximum atomic E-state index is 13.1. The van der Waals surface area contributed by atoms with Crippen molar-refractivity contribution in [1.29, 1.82) is 0 Å². The SMILES string of the molecule is O=C(C1CCCN(c2ccc(NC3=CC(=O)N(CCO)C3=O)cc2)C1)N1CCCCCC1. The van der Waals surface area contributed by atoms with Crippen molar-refractivity contribution in [2.75, 3.05) is 49.5 Å². The fraction of sp³-hybridized carbons (Fsp3) is 0.542. The van der Waals surface area contributed by atoms with E-state index in [4.69, 9.17) is 5.11 Å². The van der Waals surface area contributed by atoms with Crippen molar-refractivity contribution in [2.24, 2.45) is 5.92 Å². The number of nitrogens with one attached hydrogen (secondary N) is 1. The van der Waals surface area contributed by atoms with E-state index < -0.39 is 11.8 Å². The van der Waals surface area contributed by atoms with Gasteiger partial charge in [-0.05, 0) is 49.9 Å². The molecule has 1 unspecified atom stereocenters. The summed E-state index contributed by atoms with van der Waals surface area (Å²) in [7, 11) is 0. The predicted octanol–water partition coefficient (Wildman–Crippen LogP) is 1.96. The highest BCUT2D eigenvalue weighted by Gasteiger charge is 2.31. The molecule has 172 valence electrons. The van der Waals surface area contributed by atoms with Gasteiger partial charge in [-0.2, -0.15) is 0 Å². The quantitative estimate of drug-likeness (QED) is 0.657. The Morgan fingerprint density at radius 1 is 1.00 bits per heavy atom. The summed E-state index contributed by atoms with van der Waals surface area (Å²) in [5.74, 6) is -0.501. The summed E-state index contributed by atoms with van der Waals surface area (Å²) < 4.78 is 0. The van der Waals surface area contributed by atoms with Gasteiger partial charge in [0.25, 0.3) is 11.8 Å². The smallest absolute Gasteiger partial charge is 0.277 e. The zero-order valence-corrected chi connectivity index (χ0v) is 18.5. The Hall–Kier alpha value is -2.87. The van der Waals surface area contributed by atoms with Gasteiger partial charge in [-0.25, -0.2) is 0 Å². The number of aliphatic hydroxyl groups is 1. The first-order valence-electron chi connectivity index (χ1n) is 11.7. The summed E-state index contributed by atoms with van der Waals surface area (Å²) in [5.41, 5.74) is 1.96. The molecule has 3 aliphatic heterocycles. The lowest BCUT2D eigenvalue weighted by molar-refractivity contribution is -0.138. The van der Waals surface area contributed by atoms with Gasteiger partial charge in [-0.1, -0.05) is 12.8 Å². The summed E-state index contributed by atoms with van der Waals surface area (Å²) in [6.45, 7) is 3.17. The van der Waals surface area contributed by atoms with E-state index in [1.807, 2.05) is 24.3 Å². The Balaban J connectivity index is 1.36. The monoisotopic (exact) mass is 440 g/mol. The molecule has 2 N–H and O–H groups in total. The van der Waals surface area contributed by atoms with E-state index in [0.29, 0.717) is 11.6 Å². The average molecular weight is 441 g/mol. The topological polar surface area (TPSA) is 93.2 Å². The number of likely N-dealkylation sites (tertiary alicyclic amines) is 1. The Labute approximate surface area is 188 Å². The number of piperidine rings is 1. The fourth-order valence-corrected chi connectivity index (χ4v) is 4.78. The van der Waals surface area contributed by atoms with Crippen molar-refractivity contribution in [1.82, 2.24) is 9.80 Å². The molecule has 1 atom stereocenters. The van der Waals surface area contributed by atoms with Crippen LogP contribution >= 0.6 is 0 Å². The van der Waals surface area contributed by atoms with Crippen molar-refractivity contribution in [3.63, 3.8) is 0 Å². The lowest BCUT2D eigenvalue weighted by Gasteiger charge is -2.36. The molecule has 3 heterocycles. The summed E-state index contributed by atoms with van der Waals surface area (Å²) in [6.07, 6.45) is 7.86. The van der Waals surface area contributed by atoms with E-state index >= 15 is 0 Å². The Bertz CT molecular complexity index is 874. The first-order valence-corrected chi connectivity index (χ1v) is 11.7. The second kappa shape index (κ2) is 10.2. The number of benzene rings is 1. The summed E-state index contributed by atoms with van der Waals surface area (Å²) in [5, 5.41) is 12.0. The normalized spacial score (nSPS) is 22.1. The van der Waals surface area contributed by atoms with E-state index in [-0.39, 0.29) is 24.8 Å². The number of carbonyl (C=O) groups is 3. The Morgan fingerprint density at radius 3 is 2.41 bits per heavy atom. The van der Waals surface area contributed by atoms with Crippen LogP contribution < -0.4 is 10.2 Å². The molecule has 1 aromatic rings. The van der Waals surface area contributed by atoms with Crippen molar-refractivity contribution in [3.8, 4) is 0 Å². The molecule has 8 nitrogen and oxygen atoms in total. The number of nitrogens with zero attached hydrogens (tertiary/aromatic N) is 3. The van der Waals surface area contributed by atoms with Crippen molar-refractivity contribution >= 4 is 29.1 Å². The minimum Gasteiger partial charge on any atom is -0.395 e. The molecule has 0 bridgehead atoms. The second-order valence-electron chi connectivity index (χ2n) is 8.77. The first-order chi connectivity index (χ1) is 15.6. The highest BCUT2D eigenvalue weighted by Crippen LogP contribution is 2.27. The molecule has 0 spiro atoms. The van der Waals surface area contributed by atoms with Crippen molar-refractivity contribution < 1.29 is 19.5 Å². The van der Waals surface area contributed by atoms with Crippen LogP contribution in [-0.2, 0) is 14.4 Å². The molecule has 1 aromatic carbocycles. The molecule has 0 aromatic heterocycles. The molecule has 4 rings (SSSR count). The van der Waals surface area contributed by atoms with E-state index in [0.717, 1.165) is 62.4 Å². The molecule has 0 aliphatic carbocycles. The van der Waals surface area contributed by atoms with E-state index in [2.05, 4.69) is 15.1 Å². The lowest BCUT2D eigenvalue weighted by atomic mass is 9.95. The van der Waals surface area contributed by atoms with Gasteiger partial charge in [0.2, 0.25) is 5.91 Å². The van der Waals surface area contributed by atoms with Gasteiger partial charge in [-0.3, -0.25) is 19.3 Å². The van der Waals surface area contributed by atoms with Crippen LogP contribution in [0.25, 0.3) is 0 Å². The molecular formula is C24H32N4O4. The van der Waals surface area contributed by atoms with Crippen LogP contribution in [-0.4, -0.2) is 72.0 Å². The highest BCUT2D eigenvalue weighted by molar-refractivity contribution is 6.17. The maximum absolute atomic E-state index is 13.1. The standard InChI is InChI=1S/C24H32N4O4/c29-15-14-28-22(30)16-21(24(28)32)25-19-7-9-20(10-8-19)27-13-5-6-18(17-27)23(31)26-11-3-1-2-4-12-26/h7-10,16,18,25,29H,1-6,11-15,17H2. The summed E-state index contributed by atoms with van der Waals surface area (Å²) in [4.78, 5) is 42.6. The average Bonchev–Trinajstić information content (AvgIpc) is 3.00. The Kier molecular flexibility index (Phi) is 7.09. The number of anilines is 2. The number of imide groups is 1. The van der Waals surface area contributed by atoms with E-state index in [1.165, 1.54) is 18.9 Å². The summed E-state index contributed by atoms with van der Waals surface area (Å²) >= 11 is 0. The molecule has 2 saturated heterocycles. The summed E-state index contributed by atoms with van der Waals surface area (Å²) in [6, 6.07) is 7.72. The maximum Gasteiger partial charge on any atom is 0.277 e. The second-order valence-corrected chi connectivity index (χ2v) is 8.77. The van der Waals surface area contributed by atoms with Crippen LogP contribution in [0.5, 0.6) is 0 Å². The third-order valence-electron chi connectivity index (χ3n) is 6.53. The highest BCUT2D eigenvalue weighted by atomic mass is 16.3.